The predicted molar refractivity (Wildman–Crippen MR) is 114 cm³/mol. The molecule has 2 aliphatic rings. The third-order valence-corrected chi connectivity index (χ3v) is 6.28. The van der Waals surface area contributed by atoms with Gasteiger partial charge in [0.15, 0.2) is 0 Å². The third-order valence-electron chi connectivity index (χ3n) is 5.48. The molecule has 29 heavy (non-hydrogen) atoms. The summed E-state index contributed by atoms with van der Waals surface area (Å²) in [6.45, 7) is 2.29. The van der Waals surface area contributed by atoms with Crippen molar-refractivity contribution in [2.75, 3.05) is 37.0 Å². The van der Waals surface area contributed by atoms with Crippen LogP contribution in [0.2, 0.25) is 0 Å². The van der Waals surface area contributed by atoms with E-state index in [-0.39, 0.29) is 11.9 Å². The summed E-state index contributed by atoms with van der Waals surface area (Å²) < 4.78 is 6.63. The molecule has 1 amide bonds. The van der Waals surface area contributed by atoms with Crippen molar-refractivity contribution in [3.8, 4) is 5.88 Å². The predicted octanol–water partition coefficient (Wildman–Crippen LogP) is 2.11. The monoisotopic (exact) mass is 410 g/mol. The lowest BCUT2D eigenvalue weighted by Gasteiger charge is -2.19. The molecule has 0 bridgehead atoms. The molecule has 150 valence electrons. The van der Waals surface area contributed by atoms with E-state index < -0.39 is 0 Å². The lowest BCUT2D eigenvalue weighted by atomic mass is 10.0. The first kappa shape index (κ1) is 18.3. The first-order chi connectivity index (χ1) is 14.2. The van der Waals surface area contributed by atoms with Crippen molar-refractivity contribution in [1.29, 1.82) is 0 Å². The summed E-state index contributed by atoms with van der Waals surface area (Å²) in [5.41, 5.74) is 11.0. The molecule has 3 N–H and O–H groups in total. The summed E-state index contributed by atoms with van der Waals surface area (Å²) in [4.78, 5) is 23.7. The van der Waals surface area contributed by atoms with Crippen LogP contribution in [0.1, 0.15) is 17.9 Å². The number of aromatic nitrogens is 2. The normalized spacial score (nSPS) is 20.0. The van der Waals surface area contributed by atoms with Gasteiger partial charge in [0.2, 0.25) is 5.88 Å². The summed E-state index contributed by atoms with van der Waals surface area (Å²) in [6, 6.07) is 9.66. The fraction of sp³-hybridized carbons (Fsp3) is 0.350. The number of benzene rings is 1. The number of hydrogen-bond acceptors (Lipinski definition) is 8. The third kappa shape index (κ3) is 3.41. The van der Waals surface area contributed by atoms with E-state index in [1.807, 2.05) is 35.8 Å². The van der Waals surface area contributed by atoms with Crippen molar-refractivity contribution >= 4 is 39.0 Å². The van der Waals surface area contributed by atoms with Gasteiger partial charge in [-0.3, -0.25) is 20.5 Å². The Kier molecular flexibility index (Phi) is 4.78. The molecular formula is C20H22N6O2S. The lowest BCUT2D eigenvalue weighted by Crippen LogP contribution is -2.34. The minimum atomic E-state index is -0.268. The highest BCUT2D eigenvalue weighted by atomic mass is 32.1. The Morgan fingerprint density at radius 3 is 2.93 bits per heavy atom. The molecule has 3 aromatic rings. The maximum Gasteiger partial charge on any atom is 0.250 e. The van der Waals surface area contributed by atoms with Gasteiger partial charge < -0.3 is 10.1 Å². The van der Waals surface area contributed by atoms with Gasteiger partial charge in [-0.15, -0.1) is 11.3 Å². The van der Waals surface area contributed by atoms with Crippen LogP contribution < -0.4 is 25.8 Å². The molecule has 4 heterocycles. The number of pyridine rings is 1. The SMILES string of the molecule is COc1nc(N2CCC(Nc3ccc4ncsc4c3)C2=O)ccc1C1CNNC1. The van der Waals surface area contributed by atoms with Crippen LogP contribution in [-0.2, 0) is 4.79 Å². The fourth-order valence-corrected chi connectivity index (χ4v) is 4.65. The highest BCUT2D eigenvalue weighted by Gasteiger charge is 2.34. The second-order valence-corrected chi connectivity index (χ2v) is 8.12. The van der Waals surface area contributed by atoms with Gasteiger partial charge in [-0.1, -0.05) is 0 Å². The molecule has 1 atom stereocenters. The molecule has 2 aliphatic heterocycles. The Balaban J connectivity index is 1.33. The number of methoxy groups -OCH3 is 1. The second-order valence-electron chi connectivity index (χ2n) is 7.24. The van der Waals surface area contributed by atoms with Crippen LogP contribution in [0, 0.1) is 0 Å². The van der Waals surface area contributed by atoms with Crippen molar-refractivity contribution < 1.29 is 9.53 Å². The average Bonchev–Trinajstić information content (AvgIpc) is 3.49. The summed E-state index contributed by atoms with van der Waals surface area (Å²) in [7, 11) is 1.62. The van der Waals surface area contributed by atoms with Gasteiger partial charge in [0.05, 0.1) is 22.8 Å². The van der Waals surface area contributed by atoms with Crippen molar-refractivity contribution in [3.05, 3.63) is 41.4 Å². The molecule has 2 saturated heterocycles. The van der Waals surface area contributed by atoms with Crippen molar-refractivity contribution in [2.45, 2.75) is 18.4 Å². The Morgan fingerprint density at radius 1 is 1.24 bits per heavy atom. The van der Waals surface area contributed by atoms with Gasteiger partial charge in [0.25, 0.3) is 5.91 Å². The summed E-state index contributed by atoms with van der Waals surface area (Å²) >= 11 is 1.59. The number of nitrogens with zero attached hydrogens (tertiary/aromatic N) is 3. The zero-order chi connectivity index (χ0) is 19.8. The maximum absolute atomic E-state index is 13.0. The van der Waals surface area contributed by atoms with E-state index in [9.17, 15) is 4.79 Å². The van der Waals surface area contributed by atoms with Gasteiger partial charge in [-0.25, -0.2) is 4.98 Å². The lowest BCUT2D eigenvalue weighted by molar-refractivity contribution is -0.117. The molecule has 1 unspecified atom stereocenters. The number of anilines is 2. The average molecular weight is 411 g/mol. The molecule has 2 aromatic heterocycles. The van der Waals surface area contributed by atoms with Crippen LogP contribution in [0.5, 0.6) is 5.88 Å². The van der Waals surface area contributed by atoms with Crippen LogP contribution in [-0.4, -0.2) is 48.7 Å². The van der Waals surface area contributed by atoms with Crippen LogP contribution in [0.15, 0.2) is 35.8 Å². The molecule has 8 nitrogen and oxygen atoms in total. The Labute approximate surface area is 172 Å². The van der Waals surface area contributed by atoms with E-state index in [4.69, 9.17) is 4.74 Å². The number of thiazole rings is 1. The van der Waals surface area contributed by atoms with Gasteiger partial charge >= 0.3 is 0 Å². The zero-order valence-electron chi connectivity index (χ0n) is 16.0. The van der Waals surface area contributed by atoms with E-state index >= 15 is 0 Å². The molecule has 9 heteroatoms. The molecule has 0 saturated carbocycles. The summed E-state index contributed by atoms with van der Waals surface area (Å²) in [5.74, 6) is 1.55. The Morgan fingerprint density at radius 2 is 2.10 bits per heavy atom. The second kappa shape index (κ2) is 7.58. The van der Waals surface area contributed by atoms with Gasteiger partial charge in [-0.2, -0.15) is 4.98 Å². The number of carbonyl (C=O) groups excluding carboxylic acids is 1. The van der Waals surface area contributed by atoms with Gasteiger partial charge in [0.1, 0.15) is 11.9 Å². The highest BCUT2D eigenvalue weighted by Crippen LogP contribution is 2.31. The molecule has 5 rings (SSSR count). The smallest absolute Gasteiger partial charge is 0.250 e. The first-order valence-electron chi connectivity index (χ1n) is 9.65. The van der Waals surface area contributed by atoms with Crippen LogP contribution in [0.4, 0.5) is 11.5 Å². The summed E-state index contributed by atoms with van der Waals surface area (Å²) in [6.07, 6.45) is 0.724. The number of hydrazine groups is 1. The molecule has 1 aromatic carbocycles. The maximum atomic E-state index is 13.0. The van der Waals surface area contributed by atoms with E-state index in [0.29, 0.717) is 24.2 Å². The highest BCUT2D eigenvalue weighted by molar-refractivity contribution is 7.16. The Bertz CT molecular complexity index is 1050. The van der Waals surface area contributed by atoms with E-state index in [1.165, 1.54) is 0 Å². The van der Waals surface area contributed by atoms with E-state index in [1.54, 1.807) is 23.3 Å². The number of amides is 1. The van der Waals surface area contributed by atoms with Crippen LogP contribution in [0.25, 0.3) is 10.2 Å². The van der Waals surface area contributed by atoms with Crippen LogP contribution in [0.3, 0.4) is 0 Å². The van der Waals surface area contributed by atoms with Crippen molar-refractivity contribution in [2.24, 2.45) is 0 Å². The zero-order valence-corrected chi connectivity index (χ0v) is 16.8. The van der Waals surface area contributed by atoms with Gasteiger partial charge in [0, 0.05) is 36.8 Å². The standard InChI is InChI=1S/C20H22N6O2S/c1-28-19-14(12-9-22-23-10-12)3-5-18(25-19)26-7-6-16(20(26)27)24-13-2-4-15-17(8-13)29-11-21-15/h2-5,8,11-12,16,22-24H,6-7,9-10H2,1H3. The quantitative estimate of drug-likeness (QED) is 0.593. The van der Waals surface area contributed by atoms with E-state index in [0.717, 1.165) is 41.0 Å². The van der Waals surface area contributed by atoms with E-state index in [2.05, 4.69) is 26.1 Å². The molecule has 0 spiro atoms. The number of carbonyl (C=O) groups is 1. The Hall–Kier alpha value is -2.75. The molecule has 0 aliphatic carbocycles. The minimum absolute atomic E-state index is 0.0286. The van der Waals surface area contributed by atoms with Crippen LogP contribution >= 0.6 is 11.3 Å². The first-order valence-corrected chi connectivity index (χ1v) is 10.5. The number of fused-ring (bicyclic) bond motifs is 1. The van der Waals surface area contributed by atoms with Crippen molar-refractivity contribution in [1.82, 2.24) is 20.8 Å². The van der Waals surface area contributed by atoms with Crippen molar-refractivity contribution in [3.63, 3.8) is 0 Å². The minimum Gasteiger partial charge on any atom is -0.481 e. The number of hydrogen-bond donors (Lipinski definition) is 3. The topological polar surface area (TPSA) is 91.4 Å². The molecule has 2 fully saturated rings. The number of rotatable bonds is 5. The fourth-order valence-electron chi connectivity index (χ4n) is 3.94. The largest absolute Gasteiger partial charge is 0.481 e. The molecular weight excluding hydrogens is 388 g/mol. The molecule has 0 radical (unpaired) electrons. The number of ether oxygens (including phenoxy) is 1. The van der Waals surface area contributed by atoms with Gasteiger partial charge in [-0.05, 0) is 36.8 Å². The number of nitrogens with one attached hydrogen (secondary N) is 3. The summed E-state index contributed by atoms with van der Waals surface area (Å²) in [5, 5.41) is 3.37.